The van der Waals surface area contributed by atoms with Gasteiger partial charge in [-0.05, 0) is 44.0 Å². The van der Waals surface area contributed by atoms with E-state index in [1.807, 2.05) is 18.7 Å². The smallest absolute Gasteiger partial charge is 0.177 e. The van der Waals surface area contributed by atoms with Crippen LogP contribution in [0.1, 0.15) is 18.5 Å². The number of hydrogen-bond donors (Lipinski definition) is 1. The second-order valence-corrected chi connectivity index (χ2v) is 4.51. The van der Waals surface area contributed by atoms with Crippen LogP contribution in [0.4, 0.5) is 0 Å². The SMILES string of the molecule is CSCCCCn1cc(C)[nH]c1=S. The van der Waals surface area contributed by atoms with Crippen LogP contribution in [-0.2, 0) is 6.54 Å². The molecule has 0 aliphatic rings. The molecule has 4 heteroatoms. The van der Waals surface area contributed by atoms with E-state index in [1.54, 1.807) is 0 Å². The molecule has 0 aliphatic heterocycles. The van der Waals surface area contributed by atoms with Gasteiger partial charge in [0.15, 0.2) is 4.77 Å². The number of H-pyrrole nitrogens is 1. The summed E-state index contributed by atoms with van der Waals surface area (Å²) in [5.41, 5.74) is 1.15. The average Bonchev–Trinajstić information content (AvgIpc) is 2.39. The lowest BCUT2D eigenvalue weighted by Crippen LogP contribution is -1.96. The molecule has 0 aliphatic carbocycles. The van der Waals surface area contributed by atoms with Crippen molar-refractivity contribution in [2.24, 2.45) is 0 Å². The van der Waals surface area contributed by atoms with Gasteiger partial charge in [-0.25, -0.2) is 0 Å². The van der Waals surface area contributed by atoms with Crippen molar-refractivity contribution in [1.29, 1.82) is 0 Å². The number of thioether (sulfide) groups is 1. The van der Waals surface area contributed by atoms with E-state index < -0.39 is 0 Å². The summed E-state index contributed by atoms with van der Waals surface area (Å²) in [6, 6.07) is 0. The van der Waals surface area contributed by atoms with Crippen LogP contribution in [0.5, 0.6) is 0 Å². The lowest BCUT2D eigenvalue weighted by Gasteiger charge is -2.00. The fraction of sp³-hybridized carbons (Fsp3) is 0.667. The minimum Gasteiger partial charge on any atom is -0.335 e. The minimum absolute atomic E-state index is 0.849. The Balaban J connectivity index is 2.36. The molecule has 0 aromatic carbocycles. The van der Waals surface area contributed by atoms with Crippen LogP contribution >= 0.6 is 24.0 Å². The minimum atomic E-state index is 0.849. The molecule has 0 amide bonds. The van der Waals surface area contributed by atoms with Crippen LogP contribution in [-0.4, -0.2) is 21.6 Å². The van der Waals surface area contributed by atoms with Gasteiger partial charge in [0.2, 0.25) is 0 Å². The van der Waals surface area contributed by atoms with E-state index in [2.05, 4.69) is 22.0 Å². The van der Waals surface area contributed by atoms with Crippen molar-refractivity contribution < 1.29 is 0 Å². The Kier molecular flexibility index (Phi) is 4.59. The summed E-state index contributed by atoms with van der Waals surface area (Å²) in [6.07, 6.45) is 6.72. The lowest BCUT2D eigenvalue weighted by atomic mass is 10.3. The maximum absolute atomic E-state index is 5.15. The Labute approximate surface area is 88.7 Å². The molecule has 1 rings (SSSR count). The van der Waals surface area contributed by atoms with Crippen molar-refractivity contribution in [2.45, 2.75) is 26.3 Å². The van der Waals surface area contributed by atoms with Crippen molar-refractivity contribution in [3.8, 4) is 0 Å². The number of aromatic amines is 1. The molecule has 1 aromatic heterocycles. The fourth-order valence-electron chi connectivity index (χ4n) is 1.26. The van der Waals surface area contributed by atoms with Crippen molar-refractivity contribution in [3.63, 3.8) is 0 Å². The Morgan fingerprint density at radius 2 is 2.31 bits per heavy atom. The van der Waals surface area contributed by atoms with Crippen molar-refractivity contribution in [1.82, 2.24) is 9.55 Å². The number of hydrogen-bond acceptors (Lipinski definition) is 2. The van der Waals surface area contributed by atoms with E-state index in [-0.39, 0.29) is 0 Å². The molecule has 1 N–H and O–H groups in total. The van der Waals surface area contributed by atoms with Crippen LogP contribution in [0.15, 0.2) is 6.20 Å². The van der Waals surface area contributed by atoms with Gasteiger partial charge in [-0.15, -0.1) is 0 Å². The second-order valence-electron chi connectivity index (χ2n) is 3.14. The molecule has 0 bridgehead atoms. The van der Waals surface area contributed by atoms with E-state index in [0.29, 0.717) is 0 Å². The van der Waals surface area contributed by atoms with E-state index in [4.69, 9.17) is 12.2 Å². The predicted molar refractivity (Wildman–Crippen MR) is 62.0 cm³/mol. The molecular formula is C9H16N2S2. The van der Waals surface area contributed by atoms with E-state index in [0.717, 1.165) is 17.0 Å². The number of rotatable bonds is 5. The molecule has 0 unspecified atom stereocenters. The molecule has 0 saturated heterocycles. The molecular weight excluding hydrogens is 200 g/mol. The lowest BCUT2D eigenvalue weighted by molar-refractivity contribution is 0.628. The first-order chi connectivity index (χ1) is 6.24. The molecule has 0 fully saturated rings. The Hall–Kier alpha value is -0.220. The van der Waals surface area contributed by atoms with Crippen LogP contribution < -0.4 is 0 Å². The predicted octanol–water partition coefficient (Wildman–Crippen LogP) is 3.00. The topological polar surface area (TPSA) is 20.7 Å². The molecule has 13 heavy (non-hydrogen) atoms. The van der Waals surface area contributed by atoms with Gasteiger partial charge in [0.05, 0.1) is 0 Å². The molecule has 1 aromatic rings. The quantitative estimate of drug-likeness (QED) is 0.603. The van der Waals surface area contributed by atoms with Gasteiger partial charge >= 0.3 is 0 Å². The Morgan fingerprint density at radius 1 is 1.54 bits per heavy atom. The van der Waals surface area contributed by atoms with Crippen LogP contribution in [0, 0.1) is 11.7 Å². The summed E-state index contributed by atoms with van der Waals surface area (Å²) in [5, 5.41) is 0. The normalized spacial score (nSPS) is 10.6. The average molecular weight is 216 g/mol. The van der Waals surface area contributed by atoms with Crippen molar-refractivity contribution in [3.05, 3.63) is 16.7 Å². The van der Waals surface area contributed by atoms with Crippen LogP contribution in [0.2, 0.25) is 0 Å². The summed E-state index contributed by atoms with van der Waals surface area (Å²) in [7, 11) is 0. The first-order valence-electron chi connectivity index (χ1n) is 4.49. The second kappa shape index (κ2) is 5.50. The highest BCUT2D eigenvalue weighted by Crippen LogP contribution is 2.03. The number of unbranched alkanes of at least 4 members (excludes halogenated alkanes) is 1. The zero-order valence-corrected chi connectivity index (χ0v) is 9.80. The molecule has 0 spiro atoms. The maximum atomic E-state index is 5.15. The van der Waals surface area contributed by atoms with Crippen LogP contribution in [0.25, 0.3) is 0 Å². The Morgan fingerprint density at radius 3 is 2.85 bits per heavy atom. The van der Waals surface area contributed by atoms with Crippen molar-refractivity contribution >= 4 is 24.0 Å². The largest absolute Gasteiger partial charge is 0.335 e. The summed E-state index contributed by atoms with van der Waals surface area (Å²) < 4.78 is 2.96. The monoisotopic (exact) mass is 216 g/mol. The molecule has 74 valence electrons. The summed E-state index contributed by atoms with van der Waals surface area (Å²) in [5.74, 6) is 1.25. The number of imidazole rings is 1. The molecule has 0 saturated carbocycles. The third-order valence-corrected chi connectivity index (χ3v) is 2.95. The van der Waals surface area contributed by atoms with Crippen LogP contribution in [0.3, 0.4) is 0 Å². The first-order valence-corrected chi connectivity index (χ1v) is 6.29. The van der Waals surface area contributed by atoms with Gasteiger partial charge in [0, 0.05) is 18.4 Å². The van der Waals surface area contributed by atoms with Gasteiger partial charge in [-0.2, -0.15) is 11.8 Å². The van der Waals surface area contributed by atoms with Crippen molar-refractivity contribution in [2.75, 3.05) is 12.0 Å². The fourth-order valence-corrected chi connectivity index (χ4v) is 2.06. The van der Waals surface area contributed by atoms with Gasteiger partial charge in [0.25, 0.3) is 0 Å². The third kappa shape index (κ3) is 3.56. The van der Waals surface area contributed by atoms with E-state index in [1.165, 1.54) is 18.6 Å². The number of aromatic nitrogens is 2. The standard InChI is InChI=1S/C9H16N2S2/c1-8-7-11(9(12)10-8)5-3-4-6-13-2/h7H,3-6H2,1-2H3,(H,10,12). The Bertz CT molecular complexity index is 301. The zero-order chi connectivity index (χ0) is 9.68. The summed E-state index contributed by atoms with van der Waals surface area (Å²) in [6.45, 7) is 3.08. The first kappa shape index (κ1) is 10.9. The van der Waals surface area contributed by atoms with E-state index in [9.17, 15) is 0 Å². The molecule has 2 nitrogen and oxygen atoms in total. The van der Waals surface area contributed by atoms with Gasteiger partial charge in [-0.3, -0.25) is 0 Å². The van der Waals surface area contributed by atoms with E-state index >= 15 is 0 Å². The number of nitrogens with one attached hydrogen (secondary N) is 1. The van der Waals surface area contributed by atoms with Gasteiger partial charge in [-0.1, -0.05) is 0 Å². The zero-order valence-electron chi connectivity index (χ0n) is 8.17. The highest BCUT2D eigenvalue weighted by Gasteiger charge is 1.95. The number of nitrogens with zero attached hydrogens (tertiary/aromatic N) is 1. The number of aryl methyl sites for hydroxylation is 2. The molecule has 0 radical (unpaired) electrons. The molecule has 0 atom stereocenters. The van der Waals surface area contributed by atoms with Gasteiger partial charge in [0.1, 0.15) is 0 Å². The van der Waals surface area contributed by atoms with Gasteiger partial charge < -0.3 is 9.55 Å². The third-order valence-electron chi connectivity index (χ3n) is 1.91. The highest BCUT2D eigenvalue weighted by molar-refractivity contribution is 7.98. The maximum Gasteiger partial charge on any atom is 0.177 e. The highest BCUT2D eigenvalue weighted by atomic mass is 32.2. The summed E-state index contributed by atoms with van der Waals surface area (Å²) in [4.78, 5) is 3.12. The summed E-state index contributed by atoms with van der Waals surface area (Å²) >= 11 is 7.06. The molecule has 1 heterocycles.